The maximum atomic E-state index is 15.2. The molecule has 0 radical (unpaired) electrons. The maximum Gasteiger partial charge on any atom is 0.330 e. The second-order valence-electron chi connectivity index (χ2n) is 8.11. The highest BCUT2D eigenvalue weighted by molar-refractivity contribution is 8.07. The number of aromatic nitrogens is 4. The maximum absolute atomic E-state index is 15.2. The summed E-state index contributed by atoms with van der Waals surface area (Å²) in [4.78, 5) is 60.9. The van der Waals surface area contributed by atoms with Crippen molar-refractivity contribution in [3.63, 3.8) is 0 Å². The summed E-state index contributed by atoms with van der Waals surface area (Å²) < 4.78 is 37.9. The molecule has 16 nitrogen and oxygen atoms in total. The number of alkyl halides is 1. The number of aliphatic hydroxyl groups is 3. The van der Waals surface area contributed by atoms with Gasteiger partial charge in [-0.25, -0.2) is 14.0 Å². The largest absolute Gasteiger partial charge is 0.394 e. The summed E-state index contributed by atoms with van der Waals surface area (Å²) in [6.07, 6.45) is -10.8. The van der Waals surface area contributed by atoms with Gasteiger partial charge in [0.1, 0.15) is 30.5 Å². The molecule has 0 aliphatic carbocycles. The van der Waals surface area contributed by atoms with Gasteiger partial charge in [0.05, 0.1) is 13.2 Å². The van der Waals surface area contributed by atoms with Crippen molar-refractivity contribution in [1.29, 1.82) is 0 Å². The van der Waals surface area contributed by atoms with Gasteiger partial charge in [0.25, 0.3) is 11.1 Å². The Labute approximate surface area is 209 Å². The Balaban J connectivity index is 1.43. The third kappa shape index (κ3) is 5.73. The lowest BCUT2D eigenvalue weighted by Crippen LogP contribution is -2.37. The zero-order chi connectivity index (χ0) is 27.1. The quantitative estimate of drug-likeness (QED) is 0.171. The first-order valence-electron chi connectivity index (χ1n) is 10.6. The Hall–Kier alpha value is -2.38. The van der Waals surface area contributed by atoms with Gasteiger partial charge in [0, 0.05) is 24.5 Å². The highest BCUT2D eigenvalue weighted by Crippen LogP contribution is 2.49. The number of rotatable bonds is 8. The minimum Gasteiger partial charge on any atom is -0.394 e. The van der Waals surface area contributed by atoms with Crippen LogP contribution in [0.2, 0.25) is 0 Å². The standard InChI is InChI=1S/C18H22FN4O12PS/c19-11-14(7(5-24)33-15(11)22-3-1-9(25)20-17(22)29)35-36(31,37)32-6-8-12(27)13(28)16(34-8)23-4-2-10(26)21-18(23)30/h1-4,7-8,11-16,24,27-28H,5-6H2,(H,31,37)(H,20,25,29)(H,21,26,30). The number of H-pyrrole nitrogens is 2. The van der Waals surface area contributed by atoms with Crippen LogP contribution in [0.4, 0.5) is 4.39 Å². The Morgan fingerprint density at radius 1 is 0.973 bits per heavy atom. The van der Waals surface area contributed by atoms with Gasteiger partial charge in [-0.05, 0) is 11.8 Å². The summed E-state index contributed by atoms with van der Waals surface area (Å²) in [5.41, 5.74) is -3.32. The van der Waals surface area contributed by atoms with E-state index in [-0.39, 0.29) is 0 Å². The van der Waals surface area contributed by atoms with Crippen LogP contribution >= 0.6 is 6.72 Å². The first-order valence-corrected chi connectivity index (χ1v) is 13.2. The molecule has 37 heavy (non-hydrogen) atoms. The fourth-order valence-corrected chi connectivity index (χ4v) is 5.33. The van der Waals surface area contributed by atoms with Crippen molar-refractivity contribution in [2.24, 2.45) is 0 Å². The Morgan fingerprint density at radius 2 is 1.51 bits per heavy atom. The number of nitrogens with zero attached hydrogens (tertiary/aromatic N) is 2. The van der Waals surface area contributed by atoms with Gasteiger partial charge in [0.15, 0.2) is 18.6 Å². The molecular weight excluding hydrogens is 546 g/mol. The van der Waals surface area contributed by atoms with E-state index in [4.69, 9.17) is 30.3 Å². The van der Waals surface area contributed by atoms with Gasteiger partial charge in [-0.15, -0.1) is 0 Å². The van der Waals surface area contributed by atoms with E-state index in [0.717, 1.165) is 33.7 Å². The van der Waals surface area contributed by atoms with Gasteiger partial charge in [-0.3, -0.25) is 33.2 Å². The van der Waals surface area contributed by atoms with Crippen molar-refractivity contribution in [2.45, 2.75) is 49.1 Å². The van der Waals surface area contributed by atoms with Crippen LogP contribution in [0.15, 0.2) is 43.7 Å². The molecule has 2 aliphatic heterocycles. The van der Waals surface area contributed by atoms with Crippen molar-refractivity contribution < 1.29 is 43.1 Å². The van der Waals surface area contributed by atoms with E-state index < -0.39 is 91.6 Å². The normalized spacial score (nSPS) is 33.4. The van der Waals surface area contributed by atoms with Crippen molar-refractivity contribution >= 4 is 18.5 Å². The lowest BCUT2D eigenvalue weighted by molar-refractivity contribution is -0.0579. The van der Waals surface area contributed by atoms with E-state index in [1.54, 1.807) is 0 Å². The first-order chi connectivity index (χ1) is 17.4. The summed E-state index contributed by atoms with van der Waals surface area (Å²) in [7, 11) is 0. The Bertz CT molecular complexity index is 1410. The molecule has 2 saturated heterocycles. The predicted octanol–water partition coefficient (Wildman–Crippen LogP) is -3.45. The second kappa shape index (κ2) is 10.8. The topological polar surface area (TPSA) is 228 Å². The Kier molecular flexibility index (Phi) is 8.05. The molecule has 9 unspecified atom stereocenters. The fourth-order valence-electron chi connectivity index (χ4n) is 3.89. The summed E-state index contributed by atoms with van der Waals surface area (Å²) in [6.45, 7) is -5.76. The molecule has 2 aliphatic rings. The van der Waals surface area contributed by atoms with Crippen LogP contribution in [0, 0.1) is 0 Å². The zero-order valence-electron chi connectivity index (χ0n) is 18.5. The number of nitrogens with one attached hydrogen (secondary N) is 2. The molecule has 204 valence electrons. The van der Waals surface area contributed by atoms with Gasteiger partial charge < -0.3 is 34.2 Å². The molecule has 4 heterocycles. The summed E-state index contributed by atoms with van der Waals surface area (Å²) in [5, 5.41) is 30.1. The number of ether oxygens (including phenoxy) is 2. The van der Waals surface area contributed by atoms with E-state index in [0.29, 0.717) is 0 Å². The first kappa shape index (κ1) is 27.6. The molecule has 6 N–H and O–H groups in total. The molecular formula is C18H22FN4O12PS. The van der Waals surface area contributed by atoms with Crippen LogP contribution in [-0.2, 0) is 30.3 Å². The number of hydrogen-bond donors (Lipinski definition) is 6. The van der Waals surface area contributed by atoms with E-state index in [1.807, 2.05) is 9.97 Å². The van der Waals surface area contributed by atoms with E-state index in [1.165, 1.54) is 0 Å². The summed E-state index contributed by atoms with van der Waals surface area (Å²) in [5.74, 6) is 0. The number of halogens is 1. The smallest absolute Gasteiger partial charge is 0.330 e. The highest BCUT2D eigenvalue weighted by Gasteiger charge is 2.50. The molecule has 2 aromatic heterocycles. The van der Waals surface area contributed by atoms with E-state index in [9.17, 15) is 39.4 Å². The third-order valence-electron chi connectivity index (χ3n) is 5.69. The molecule has 4 rings (SSSR count). The van der Waals surface area contributed by atoms with Crippen molar-refractivity contribution in [3.8, 4) is 0 Å². The van der Waals surface area contributed by atoms with Crippen LogP contribution in [0.1, 0.15) is 12.5 Å². The minimum absolute atomic E-state index is 0.669. The SMILES string of the molecule is O=c1ccn(C2OC(COP(O)(=S)OC3C(CO)OC(n4ccc(=O)[nH]c4=O)C3F)C(O)C2O)c(=O)[nH]1. The third-order valence-corrected chi connectivity index (χ3v) is 7.25. The van der Waals surface area contributed by atoms with Gasteiger partial charge >= 0.3 is 18.1 Å². The molecule has 2 aromatic rings. The lowest BCUT2D eigenvalue weighted by Gasteiger charge is -2.25. The fraction of sp³-hybridized carbons (Fsp3) is 0.556. The molecule has 0 bridgehead atoms. The summed E-state index contributed by atoms with van der Waals surface area (Å²) >= 11 is 4.90. The van der Waals surface area contributed by atoms with Crippen molar-refractivity contribution in [1.82, 2.24) is 19.1 Å². The average Bonchev–Trinajstić information content (AvgIpc) is 3.28. The van der Waals surface area contributed by atoms with Crippen LogP contribution in [0.3, 0.4) is 0 Å². The Morgan fingerprint density at radius 3 is 2.05 bits per heavy atom. The number of hydrogen-bond acceptors (Lipinski definition) is 12. The lowest BCUT2D eigenvalue weighted by atomic mass is 10.1. The molecule has 19 heteroatoms. The molecule has 0 saturated carbocycles. The van der Waals surface area contributed by atoms with Gasteiger partial charge in [0.2, 0.25) is 0 Å². The monoisotopic (exact) mass is 568 g/mol. The van der Waals surface area contributed by atoms with Crippen LogP contribution in [-0.4, -0.2) is 89.2 Å². The van der Waals surface area contributed by atoms with E-state index in [2.05, 4.69) is 0 Å². The molecule has 2 fully saturated rings. The second-order valence-corrected chi connectivity index (χ2v) is 10.9. The predicted molar refractivity (Wildman–Crippen MR) is 122 cm³/mol. The minimum atomic E-state index is -4.31. The molecule has 0 amide bonds. The summed E-state index contributed by atoms with van der Waals surface area (Å²) in [6, 6.07) is 1.95. The van der Waals surface area contributed by atoms with Crippen LogP contribution < -0.4 is 22.5 Å². The van der Waals surface area contributed by atoms with E-state index >= 15 is 4.39 Å². The molecule has 9 atom stereocenters. The van der Waals surface area contributed by atoms with Crippen molar-refractivity contribution in [2.75, 3.05) is 13.2 Å². The average molecular weight is 568 g/mol. The molecule has 0 aromatic carbocycles. The van der Waals surface area contributed by atoms with Crippen LogP contribution in [0.25, 0.3) is 0 Å². The zero-order valence-corrected chi connectivity index (χ0v) is 20.2. The number of aromatic amines is 2. The van der Waals surface area contributed by atoms with Crippen LogP contribution in [0.5, 0.6) is 0 Å². The van der Waals surface area contributed by atoms with Gasteiger partial charge in [-0.1, -0.05) is 0 Å². The number of aliphatic hydroxyl groups excluding tert-OH is 3. The highest BCUT2D eigenvalue weighted by atomic mass is 32.5. The van der Waals surface area contributed by atoms with Gasteiger partial charge in [-0.2, -0.15) is 0 Å². The van der Waals surface area contributed by atoms with Crippen molar-refractivity contribution in [3.05, 3.63) is 66.2 Å². The molecule has 0 spiro atoms.